The quantitative estimate of drug-likeness (QED) is 0.475. The van der Waals surface area contributed by atoms with Crippen LogP contribution in [0.3, 0.4) is 0 Å². The highest BCUT2D eigenvalue weighted by atomic mass is 16.5. The van der Waals surface area contributed by atoms with Crippen LogP contribution in [0.4, 0.5) is 0 Å². The first-order chi connectivity index (χ1) is 12.2. The fraction of sp³-hybridized carbons (Fsp3) is 0.571. The van der Waals surface area contributed by atoms with E-state index in [1.54, 1.807) is 0 Å². The van der Waals surface area contributed by atoms with Gasteiger partial charge in [-0.25, -0.2) is 0 Å². The summed E-state index contributed by atoms with van der Waals surface area (Å²) in [6, 6.07) is 9.17. The van der Waals surface area contributed by atoms with Crippen molar-refractivity contribution in [3.8, 4) is 0 Å². The van der Waals surface area contributed by atoms with Crippen molar-refractivity contribution in [3.05, 3.63) is 48.0 Å². The van der Waals surface area contributed by atoms with E-state index in [-0.39, 0.29) is 24.7 Å². The molecule has 2 N–H and O–H groups in total. The first-order valence-corrected chi connectivity index (χ1v) is 9.44. The van der Waals surface area contributed by atoms with Crippen molar-refractivity contribution in [1.82, 2.24) is 5.32 Å². The van der Waals surface area contributed by atoms with E-state index in [0.29, 0.717) is 18.4 Å². The topological polar surface area (TPSA) is 58.6 Å². The van der Waals surface area contributed by atoms with Gasteiger partial charge < -0.3 is 9.84 Å². The van der Waals surface area contributed by atoms with E-state index in [1.165, 1.54) is 0 Å². The molecule has 1 aliphatic carbocycles. The lowest BCUT2D eigenvalue weighted by molar-refractivity contribution is -0.146. The average molecular weight is 345 g/mol. The molecule has 0 saturated heterocycles. The molecular weight excluding hydrogens is 314 g/mol. The molecule has 2 unspecified atom stereocenters. The molecule has 4 nitrogen and oxygen atoms in total. The van der Waals surface area contributed by atoms with Gasteiger partial charge >= 0.3 is 5.97 Å². The van der Waals surface area contributed by atoms with Crippen molar-refractivity contribution < 1.29 is 14.6 Å². The second-order valence-electron chi connectivity index (χ2n) is 6.66. The van der Waals surface area contributed by atoms with E-state index in [9.17, 15) is 9.90 Å². The Balaban J connectivity index is 1.99. The summed E-state index contributed by atoms with van der Waals surface area (Å²) in [5.41, 5.74) is 0.988. The third kappa shape index (κ3) is 5.98. The normalized spacial score (nSPS) is 21.9. The number of carbonyl (C=O) groups is 1. The van der Waals surface area contributed by atoms with Crippen LogP contribution in [0.1, 0.15) is 51.1 Å². The van der Waals surface area contributed by atoms with Crippen LogP contribution in [-0.2, 0) is 9.53 Å². The molecule has 1 aromatic rings. The Kier molecular flexibility index (Phi) is 8.16. The Morgan fingerprint density at radius 3 is 2.72 bits per heavy atom. The minimum atomic E-state index is -0.350. The zero-order valence-electron chi connectivity index (χ0n) is 15.4. The number of aliphatic hydroxyl groups is 1. The van der Waals surface area contributed by atoms with Crippen LogP contribution in [0.25, 0.3) is 0 Å². The standard InChI is InChI=1S/C21H31NO3/c1-3-5-6-8-13-17-14-18(17)20(21(24)25-4-2)22-19(15-23)16-11-9-7-10-12-16/h5-7,9-12,17-20,22-23H,3-4,8,13-15H2,1-2H3/b6-5-/t17?,18-,19+,20?/m1/s1. The number of carbonyl (C=O) groups excluding carboxylic acids is 1. The summed E-state index contributed by atoms with van der Waals surface area (Å²) < 4.78 is 5.28. The largest absolute Gasteiger partial charge is 0.465 e. The number of nitrogens with one attached hydrogen (secondary N) is 1. The summed E-state index contributed by atoms with van der Waals surface area (Å²) in [5, 5.41) is 13.1. The Hall–Kier alpha value is -1.65. The molecule has 0 aliphatic heterocycles. The number of hydrogen-bond acceptors (Lipinski definition) is 4. The van der Waals surface area contributed by atoms with Gasteiger partial charge in [0, 0.05) is 0 Å². The van der Waals surface area contributed by atoms with Crippen molar-refractivity contribution in [3.63, 3.8) is 0 Å². The van der Waals surface area contributed by atoms with Crippen LogP contribution in [0.5, 0.6) is 0 Å². The molecular formula is C21H31NO3. The van der Waals surface area contributed by atoms with Gasteiger partial charge in [0.25, 0.3) is 0 Å². The molecule has 1 aliphatic rings. The van der Waals surface area contributed by atoms with Crippen LogP contribution in [0, 0.1) is 11.8 Å². The molecule has 0 amide bonds. The Bertz CT molecular complexity index is 543. The van der Waals surface area contributed by atoms with Crippen LogP contribution in [0.2, 0.25) is 0 Å². The fourth-order valence-corrected chi connectivity index (χ4v) is 3.36. The van der Waals surface area contributed by atoms with E-state index in [2.05, 4.69) is 24.4 Å². The summed E-state index contributed by atoms with van der Waals surface area (Å²) in [4.78, 5) is 12.4. The van der Waals surface area contributed by atoms with E-state index < -0.39 is 0 Å². The highest BCUT2D eigenvalue weighted by Crippen LogP contribution is 2.45. The lowest BCUT2D eigenvalue weighted by Crippen LogP contribution is -2.43. The number of allylic oxidation sites excluding steroid dienone is 2. The highest BCUT2D eigenvalue weighted by Gasteiger charge is 2.46. The van der Waals surface area contributed by atoms with Crippen LogP contribution in [0.15, 0.2) is 42.5 Å². The van der Waals surface area contributed by atoms with E-state index in [4.69, 9.17) is 4.74 Å². The maximum Gasteiger partial charge on any atom is 0.323 e. The number of benzene rings is 1. The molecule has 0 spiro atoms. The van der Waals surface area contributed by atoms with Gasteiger partial charge in [-0.1, -0.05) is 49.4 Å². The Labute approximate surface area is 151 Å². The number of ether oxygens (including phenoxy) is 1. The summed E-state index contributed by atoms with van der Waals surface area (Å²) in [5.74, 6) is 0.652. The molecule has 0 radical (unpaired) electrons. The van der Waals surface area contributed by atoms with Crippen molar-refractivity contribution >= 4 is 5.97 Å². The van der Waals surface area contributed by atoms with Gasteiger partial charge in [-0.05, 0) is 50.0 Å². The zero-order chi connectivity index (χ0) is 18.1. The molecule has 4 heteroatoms. The van der Waals surface area contributed by atoms with E-state index >= 15 is 0 Å². The lowest BCUT2D eigenvalue weighted by Gasteiger charge is -2.24. The Morgan fingerprint density at radius 1 is 1.32 bits per heavy atom. The summed E-state index contributed by atoms with van der Waals surface area (Å²) in [7, 11) is 0. The van der Waals surface area contributed by atoms with E-state index in [0.717, 1.165) is 31.2 Å². The molecule has 2 rings (SSSR count). The first-order valence-electron chi connectivity index (χ1n) is 9.44. The van der Waals surface area contributed by atoms with Gasteiger partial charge in [0.05, 0.1) is 19.3 Å². The molecule has 1 aromatic carbocycles. The summed E-state index contributed by atoms with van der Waals surface area (Å²) in [6.45, 7) is 4.30. The van der Waals surface area contributed by atoms with Crippen LogP contribution >= 0.6 is 0 Å². The molecule has 1 saturated carbocycles. The molecule has 1 fully saturated rings. The summed E-state index contributed by atoms with van der Waals surface area (Å²) in [6.07, 6.45) is 8.69. The maximum atomic E-state index is 12.4. The number of esters is 1. The summed E-state index contributed by atoms with van der Waals surface area (Å²) >= 11 is 0. The van der Waals surface area contributed by atoms with Crippen molar-refractivity contribution in [1.29, 1.82) is 0 Å². The second-order valence-corrected chi connectivity index (χ2v) is 6.66. The average Bonchev–Trinajstić information content (AvgIpc) is 3.40. The van der Waals surface area contributed by atoms with Crippen molar-refractivity contribution in [2.75, 3.05) is 13.2 Å². The fourth-order valence-electron chi connectivity index (χ4n) is 3.36. The van der Waals surface area contributed by atoms with E-state index in [1.807, 2.05) is 37.3 Å². The monoisotopic (exact) mass is 345 g/mol. The van der Waals surface area contributed by atoms with Crippen LogP contribution < -0.4 is 5.32 Å². The molecule has 138 valence electrons. The minimum Gasteiger partial charge on any atom is -0.465 e. The SMILES string of the molecule is CC/C=C\CCC1C[C@H]1C(N[C@@H](CO)c1ccccc1)C(=O)OCC. The van der Waals surface area contributed by atoms with Crippen molar-refractivity contribution in [2.24, 2.45) is 11.8 Å². The maximum absolute atomic E-state index is 12.4. The number of rotatable bonds is 11. The third-order valence-electron chi connectivity index (χ3n) is 4.82. The van der Waals surface area contributed by atoms with Crippen LogP contribution in [-0.4, -0.2) is 30.3 Å². The third-order valence-corrected chi connectivity index (χ3v) is 4.82. The number of aliphatic hydroxyl groups excluding tert-OH is 1. The Morgan fingerprint density at radius 2 is 2.08 bits per heavy atom. The van der Waals surface area contributed by atoms with Gasteiger partial charge in [-0.15, -0.1) is 0 Å². The molecule has 25 heavy (non-hydrogen) atoms. The van der Waals surface area contributed by atoms with Gasteiger partial charge in [-0.3, -0.25) is 10.1 Å². The van der Waals surface area contributed by atoms with Gasteiger partial charge in [0.2, 0.25) is 0 Å². The highest BCUT2D eigenvalue weighted by molar-refractivity contribution is 5.76. The lowest BCUT2D eigenvalue weighted by atomic mass is 10.0. The first kappa shape index (κ1) is 19.7. The molecule has 0 heterocycles. The minimum absolute atomic E-state index is 0.0451. The number of hydrogen-bond donors (Lipinski definition) is 2. The molecule has 0 bridgehead atoms. The molecule has 4 atom stereocenters. The van der Waals surface area contributed by atoms with Gasteiger partial charge in [0.15, 0.2) is 0 Å². The van der Waals surface area contributed by atoms with Gasteiger partial charge in [0.1, 0.15) is 6.04 Å². The smallest absolute Gasteiger partial charge is 0.323 e. The predicted octanol–water partition coefficient (Wildman–Crippen LogP) is 3.62. The predicted molar refractivity (Wildman–Crippen MR) is 100 cm³/mol. The second kappa shape index (κ2) is 10.4. The zero-order valence-corrected chi connectivity index (χ0v) is 15.4. The van der Waals surface area contributed by atoms with Crippen molar-refractivity contribution in [2.45, 2.75) is 51.6 Å². The molecule has 0 aromatic heterocycles. The van der Waals surface area contributed by atoms with Gasteiger partial charge in [-0.2, -0.15) is 0 Å².